The standard InChI is InChI=1S/C15H14N2O4/c1-16(2)12-6-3-11(4-7-12)5-8-13(18)14-9-10-15(21-14)17(19)20/h3-10H,1-2H3. The van der Waals surface area contributed by atoms with Crippen LogP contribution in [-0.4, -0.2) is 24.8 Å². The first-order valence-corrected chi connectivity index (χ1v) is 6.21. The summed E-state index contributed by atoms with van der Waals surface area (Å²) in [7, 11) is 3.89. The molecule has 0 amide bonds. The summed E-state index contributed by atoms with van der Waals surface area (Å²) in [5.74, 6) is -0.912. The van der Waals surface area contributed by atoms with Crippen molar-refractivity contribution in [3.8, 4) is 0 Å². The lowest BCUT2D eigenvalue weighted by molar-refractivity contribution is -0.402. The number of ketones is 1. The summed E-state index contributed by atoms with van der Waals surface area (Å²) in [6.07, 6.45) is 2.96. The number of hydrogen-bond acceptors (Lipinski definition) is 5. The van der Waals surface area contributed by atoms with E-state index in [1.54, 1.807) is 6.08 Å². The molecule has 1 heterocycles. The number of carbonyl (C=O) groups excluding carboxylic acids is 1. The maximum atomic E-state index is 11.8. The lowest BCUT2D eigenvalue weighted by atomic mass is 10.1. The first-order valence-electron chi connectivity index (χ1n) is 6.21. The molecule has 0 atom stereocenters. The molecule has 108 valence electrons. The zero-order valence-electron chi connectivity index (χ0n) is 11.6. The van der Waals surface area contributed by atoms with Gasteiger partial charge in [-0.1, -0.05) is 18.2 Å². The van der Waals surface area contributed by atoms with Gasteiger partial charge in [0, 0.05) is 19.8 Å². The van der Waals surface area contributed by atoms with Crippen molar-refractivity contribution < 1.29 is 14.1 Å². The second-order valence-electron chi connectivity index (χ2n) is 4.58. The Balaban J connectivity index is 2.09. The lowest BCUT2D eigenvalue weighted by Gasteiger charge is -2.11. The van der Waals surface area contributed by atoms with Gasteiger partial charge in [-0.25, -0.2) is 0 Å². The number of allylic oxidation sites excluding steroid dienone is 1. The van der Waals surface area contributed by atoms with Crippen LogP contribution in [0, 0.1) is 10.1 Å². The van der Waals surface area contributed by atoms with Crippen molar-refractivity contribution in [2.75, 3.05) is 19.0 Å². The largest absolute Gasteiger partial charge is 0.433 e. The number of rotatable bonds is 5. The summed E-state index contributed by atoms with van der Waals surface area (Å²) in [5, 5.41) is 10.5. The third-order valence-electron chi connectivity index (χ3n) is 2.85. The molecule has 6 heteroatoms. The van der Waals surface area contributed by atoms with Crippen molar-refractivity contribution in [2.24, 2.45) is 0 Å². The van der Waals surface area contributed by atoms with Gasteiger partial charge < -0.3 is 9.32 Å². The third-order valence-corrected chi connectivity index (χ3v) is 2.85. The summed E-state index contributed by atoms with van der Waals surface area (Å²) in [5.41, 5.74) is 1.91. The molecule has 21 heavy (non-hydrogen) atoms. The number of furan rings is 1. The molecule has 0 radical (unpaired) electrons. The average Bonchev–Trinajstić information content (AvgIpc) is 2.95. The number of carbonyl (C=O) groups is 1. The zero-order valence-corrected chi connectivity index (χ0v) is 11.6. The van der Waals surface area contributed by atoms with Crippen LogP contribution in [0.3, 0.4) is 0 Å². The van der Waals surface area contributed by atoms with Crippen LogP contribution in [0.2, 0.25) is 0 Å². The SMILES string of the molecule is CN(C)c1ccc(C=CC(=O)c2ccc([N+](=O)[O-])o2)cc1. The Kier molecular flexibility index (Phi) is 4.18. The number of anilines is 1. The molecule has 0 aliphatic carbocycles. The molecule has 0 saturated carbocycles. The maximum Gasteiger partial charge on any atom is 0.433 e. The van der Waals surface area contributed by atoms with Crippen molar-refractivity contribution in [1.29, 1.82) is 0 Å². The molecule has 0 unspecified atom stereocenters. The van der Waals surface area contributed by atoms with E-state index in [-0.39, 0.29) is 5.76 Å². The Morgan fingerprint density at radius 2 is 1.86 bits per heavy atom. The van der Waals surface area contributed by atoms with Crippen LogP contribution in [0.4, 0.5) is 11.6 Å². The molecule has 0 aliphatic heterocycles. The Morgan fingerprint density at radius 3 is 2.38 bits per heavy atom. The minimum atomic E-state index is -0.680. The van der Waals surface area contributed by atoms with Gasteiger partial charge in [0.1, 0.15) is 4.92 Å². The average molecular weight is 286 g/mol. The van der Waals surface area contributed by atoms with E-state index in [9.17, 15) is 14.9 Å². The fraction of sp³-hybridized carbons (Fsp3) is 0.133. The molecule has 0 spiro atoms. The number of nitro groups is 1. The van der Waals surface area contributed by atoms with Gasteiger partial charge in [-0.3, -0.25) is 14.9 Å². The third kappa shape index (κ3) is 3.56. The van der Waals surface area contributed by atoms with Gasteiger partial charge in [-0.15, -0.1) is 0 Å². The highest BCUT2D eigenvalue weighted by Gasteiger charge is 2.15. The highest BCUT2D eigenvalue weighted by atomic mass is 16.6. The van der Waals surface area contributed by atoms with Crippen LogP contribution in [0.5, 0.6) is 0 Å². The molecule has 1 aromatic heterocycles. The molecule has 0 saturated heterocycles. The van der Waals surface area contributed by atoms with E-state index in [1.807, 2.05) is 43.3 Å². The van der Waals surface area contributed by atoms with Gasteiger partial charge in [0.15, 0.2) is 5.76 Å². The zero-order chi connectivity index (χ0) is 15.4. The Hall–Kier alpha value is -2.89. The van der Waals surface area contributed by atoms with Crippen molar-refractivity contribution >= 4 is 23.4 Å². The number of hydrogen-bond donors (Lipinski definition) is 0. The van der Waals surface area contributed by atoms with E-state index in [4.69, 9.17) is 4.42 Å². The maximum absolute atomic E-state index is 11.8. The molecule has 2 rings (SSSR count). The van der Waals surface area contributed by atoms with Gasteiger partial charge >= 0.3 is 5.88 Å². The highest BCUT2D eigenvalue weighted by molar-refractivity contribution is 6.05. The van der Waals surface area contributed by atoms with Gasteiger partial charge in [0.2, 0.25) is 5.78 Å². The van der Waals surface area contributed by atoms with E-state index in [2.05, 4.69) is 0 Å². The van der Waals surface area contributed by atoms with Gasteiger partial charge in [-0.2, -0.15) is 0 Å². The van der Waals surface area contributed by atoms with Crippen molar-refractivity contribution in [2.45, 2.75) is 0 Å². The Bertz CT molecular complexity index is 684. The summed E-state index contributed by atoms with van der Waals surface area (Å²) < 4.78 is 4.84. The summed E-state index contributed by atoms with van der Waals surface area (Å²) >= 11 is 0. The van der Waals surface area contributed by atoms with Crippen LogP contribution in [0.1, 0.15) is 16.1 Å². The van der Waals surface area contributed by atoms with E-state index >= 15 is 0 Å². The molecular formula is C15H14N2O4. The number of nitrogens with zero attached hydrogens (tertiary/aromatic N) is 2. The minimum Gasteiger partial charge on any atom is -0.397 e. The first kappa shape index (κ1) is 14.5. The van der Waals surface area contributed by atoms with Crippen molar-refractivity contribution in [3.63, 3.8) is 0 Å². The molecule has 1 aromatic carbocycles. The fourth-order valence-electron chi connectivity index (χ4n) is 1.70. The normalized spacial score (nSPS) is 10.8. The van der Waals surface area contributed by atoms with E-state index < -0.39 is 16.6 Å². The van der Waals surface area contributed by atoms with Crippen LogP contribution in [0.25, 0.3) is 6.08 Å². The summed E-state index contributed by atoms with van der Waals surface area (Å²) in [4.78, 5) is 23.6. The van der Waals surface area contributed by atoms with Crippen molar-refractivity contribution in [3.05, 3.63) is 63.9 Å². The van der Waals surface area contributed by atoms with E-state index in [0.29, 0.717) is 0 Å². The van der Waals surface area contributed by atoms with E-state index in [0.717, 1.165) is 17.3 Å². The fourth-order valence-corrected chi connectivity index (χ4v) is 1.70. The summed E-state index contributed by atoms with van der Waals surface area (Å²) in [6.45, 7) is 0. The van der Waals surface area contributed by atoms with E-state index in [1.165, 1.54) is 12.1 Å². The van der Waals surface area contributed by atoms with Crippen molar-refractivity contribution in [1.82, 2.24) is 0 Å². The quantitative estimate of drug-likeness (QED) is 0.365. The molecule has 2 aromatic rings. The predicted octanol–water partition coefficient (Wildman–Crippen LogP) is 3.15. The molecule has 0 bridgehead atoms. The molecule has 6 nitrogen and oxygen atoms in total. The number of benzene rings is 1. The molecular weight excluding hydrogens is 272 g/mol. The smallest absolute Gasteiger partial charge is 0.397 e. The second kappa shape index (κ2) is 6.04. The van der Waals surface area contributed by atoms with Crippen LogP contribution < -0.4 is 4.90 Å². The first-order chi connectivity index (χ1) is 9.97. The lowest BCUT2D eigenvalue weighted by Crippen LogP contribution is -2.07. The minimum absolute atomic E-state index is 0.0529. The molecule has 0 N–H and O–H groups in total. The highest BCUT2D eigenvalue weighted by Crippen LogP contribution is 2.17. The predicted molar refractivity (Wildman–Crippen MR) is 79.5 cm³/mol. The van der Waals surface area contributed by atoms with Gasteiger partial charge in [-0.05, 0) is 29.8 Å². The van der Waals surface area contributed by atoms with Crippen LogP contribution >= 0.6 is 0 Å². The summed E-state index contributed by atoms with van der Waals surface area (Å²) in [6, 6.07) is 10.1. The Labute approximate surface area is 121 Å². The second-order valence-corrected chi connectivity index (χ2v) is 4.58. The van der Waals surface area contributed by atoms with Gasteiger partial charge in [0.05, 0.1) is 6.07 Å². The monoisotopic (exact) mass is 286 g/mol. The Morgan fingerprint density at radius 1 is 1.19 bits per heavy atom. The topological polar surface area (TPSA) is 76.6 Å². The van der Waals surface area contributed by atoms with Gasteiger partial charge in [0.25, 0.3) is 0 Å². The molecule has 0 aliphatic rings. The van der Waals surface area contributed by atoms with Crippen LogP contribution in [0.15, 0.2) is 46.9 Å². The van der Waals surface area contributed by atoms with Crippen LogP contribution in [-0.2, 0) is 0 Å². The molecule has 0 fully saturated rings.